The second-order valence-corrected chi connectivity index (χ2v) is 4.73. The zero-order chi connectivity index (χ0) is 12.4. The number of halogens is 1. The van der Waals surface area contributed by atoms with Gasteiger partial charge in [0.05, 0.1) is 6.04 Å². The van der Waals surface area contributed by atoms with E-state index in [1.54, 1.807) is 12.1 Å². The van der Waals surface area contributed by atoms with E-state index in [0.29, 0.717) is 11.6 Å². The SMILES string of the molecule is CC(C)N1CC(NC(=O)c2cccc(F)c2)C1. The molecule has 1 aromatic carbocycles. The first-order valence-electron chi connectivity index (χ1n) is 5.87. The van der Waals surface area contributed by atoms with Gasteiger partial charge in [-0.15, -0.1) is 0 Å². The Kier molecular flexibility index (Phi) is 3.43. The van der Waals surface area contributed by atoms with Crippen molar-refractivity contribution in [2.24, 2.45) is 0 Å². The molecule has 2 rings (SSSR count). The first kappa shape index (κ1) is 12.0. The molecule has 92 valence electrons. The molecule has 17 heavy (non-hydrogen) atoms. The Morgan fingerprint density at radius 2 is 2.18 bits per heavy atom. The summed E-state index contributed by atoms with van der Waals surface area (Å²) >= 11 is 0. The van der Waals surface area contributed by atoms with E-state index in [4.69, 9.17) is 0 Å². The van der Waals surface area contributed by atoms with Crippen molar-refractivity contribution in [2.45, 2.75) is 25.9 Å². The Bertz CT molecular complexity index is 414. The monoisotopic (exact) mass is 236 g/mol. The van der Waals surface area contributed by atoms with Crippen molar-refractivity contribution in [2.75, 3.05) is 13.1 Å². The third-order valence-corrected chi connectivity index (χ3v) is 3.06. The molecule has 1 aliphatic rings. The summed E-state index contributed by atoms with van der Waals surface area (Å²) in [6, 6.07) is 6.46. The highest BCUT2D eigenvalue weighted by atomic mass is 19.1. The summed E-state index contributed by atoms with van der Waals surface area (Å²) < 4.78 is 12.9. The first-order valence-corrected chi connectivity index (χ1v) is 5.87. The third-order valence-electron chi connectivity index (χ3n) is 3.06. The number of carbonyl (C=O) groups is 1. The van der Waals surface area contributed by atoms with Crippen LogP contribution in [0.4, 0.5) is 4.39 Å². The van der Waals surface area contributed by atoms with Crippen LogP contribution in [0.15, 0.2) is 24.3 Å². The molecule has 0 radical (unpaired) electrons. The lowest BCUT2D eigenvalue weighted by atomic mass is 10.1. The number of hydrogen-bond donors (Lipinski definition) is 1. The largest absolute Gasteiger partial charge is 0.347 e. The summed E-state index contributed by atoms with van der Waals surface area (Å²) in [5.41, 5.74) is 0.382. The Morgan fingerprint density at radius 3 is 2.76 bits per heavy atom. The van der Waals surface area contributed by atoms with Gasteiger partial charge >= 0.3 is 0 Å². The molecule has 0 aliphatic carbocycles. The summed E-state index contributed by atoms with van der Waals surface area (Å²) in [7, 11) is 0. The lowest BCUT2D eigenvalue weighted by Gasteiger charge is -2.42. The van der Waals surface area contributed by atoms with Crippen molar-refractivity contribution >= 4 is 5.91 Å². The molecule has 0 bridgehead atoms. The third kappa shape index (κ3) is 2.82. The Morgan fingerprint density at radius 1 is 1.47 bits per heavy atom. The van der Waals surface area contributed by atoms with Crippen LogP contribution >= 0.6 is 0 Å². The molecule has 1 N–H and O–H groups in total. The molecule has 1 heterocycles. The van der Waals surface area contributed by atoms with Gasteiger partial charge in [0.15, 0.2) is 0 Å². The molecule has 0 spiro atoms. The fourth-order valence-electron chi connectivity index (χ4n) is 1.92. The van der Waals surface area contributed by atoms with Crippen LogP contribution in [0.25, 0.3) is 0 Å². The molecular formula is C13H17FN2O. The minimum Gasteiger partial charge on any atom is -0.347 e. The van der Waals surface area contributed by atoms with E-state index in [1.807, 2.05) is 0 Å². The fourth-order valence-corrected chi connectivity index (χ4v) is 1.92. The zero-order valence-corrected chi connectivity index (χ0v) is 10.1. The summed E-state index contributed by atoms with van der Waals surface area (Å²) in [4.78, 5) is 14.1. The van der Waals surface area contributed by atoms with Gasteiger partial charge in [0.25, 0.3) is 5.91 Å². The van der Waals surface area contributed by atoms with Crippen molar-refractivity contribution in [1.29, 1.82) is 0 Å². The minimum absolute atomic E-state index is 0.188. The number of rotatable bonds is 3. The highest BCUT2D eigenvalue weighted by molar-refractivity contribution is 5.94. The van der Waals surface area contributed by atoms with Gasteiger partial charge in [-0.3, -0.25) is 9.69 Å². The van der Waals surface area contributed by atoms with Gasteiger partial charge in [0, 0.05) is 24.7 Å². The van der Waals surface area contributed by atoms with Crippen LogP contribution in [0.1, 0.15) is 24.2 Å². The number of hydrogen-bond acceptors (Lipinski definition) is 2. The van der Waals surface area contributed by atoms with Crippen molar-refractivity contribution in [3.8, 4) is 0 Å². The zero-order valence-electron chi connectivity index (χ0n) is 10.1. The van der Waals surface area contributed by atoms with Crippen LogP contribution in [0.2, 0.25) is 0 Å². The van der Waals surface area contributed by atoms with E-state index in [0.717, 1.165) is 13.1 Å². The summed E-state index contributed by atoms with van der Waals surface area (Å²) in [6.45, 7) is 6.01. The number of benzene rings is 1. The Labute approximate surface area is 101 Å². The van der Waals surface area contributed by atoms with Crippen molar-refractivity contribution in [3.05, 3.63) is 35.6 Å². The summed E-state index contributed by atoms with van der Waals surface area (Å²) in [5, 5.41) is 2.90. The molecule has 0 unspecified atom stereocenters. The van der Waals surface area contributed by atoms with E-state index in [1.165, 1.54) is 12.1 Å². The van der Waals surface area contributed by atoms with Crippen LogP contribution in [0.5, 0.6) is 0 Å². The van der Waals surface area contributed by atoms with Crippen molar-refractivity contribution in [3.63, 3.8) is 0 Å². The normalized spacial score (nSPS) is 16.9. The maximum Gasteiger partial charge on any atom is 0.251 e. The topological polar surface area (TPSA) is 32.3 Å². The molecule has 0 atom stereocenters. The van der Waals surface area contributed by atoms with Crippen LogP contribution in [0, 0.1) is 5.82 Å². The van der Waals surface area contributed by atoms with E-state index < -0.39 is 0 Å². The summed E-state index contributed by atoms with van der Waals surface area (Å²) in [5.74, 6) is -0.576. The van der Waals surface area contributed by atoms with Gasteiger partial charge in [-0.2, -0.15) is 0 Å². The second kappa shape index (κ2) is 4.84. The van der Waals surface area contributed by atoms with Crippen LogP contribution in [0.3, 0.4) is 0 Å². The first-order chi connectivity index (χ1) is 8.06. The summed E-state index contributed by atoms with van der Waals surface area (Å²) in [6.07, 6.45) is 0. The van der Waals surface area contributed by atoms with E-state index in [9.17, 15) is 9.18 Å². The molecule has 1 aromatic rings. The maximum atomic E-state index is 12.9. The minimum atomic E-state index is -0.380. The number of nitrogens with zero attached hydrogens (tertiary/aromatic N) is 1. The molecular weight excluding hydrogens is 219 g/mol. The average Bonchev–Trinajstić information content (AvgIpc) is 2.21. The smallest absolute Gasteiger partial charge is 0.251 e. The Balaban J connectivity index is 1.87. The lowest BCUT2D eigenvalue weighted by Crippen LogP contribution is -2.61. The van der Waals surface area contributed by atoms with E-state index in [-0.39, 0.29) is 17.8 Å². The van der Waals surface area contributed by atoms with Gasteiger partial charge in [0.1, 0.15) is 5.82 Å². The molecule has 3 nitrogen and oxygen atoms in total. The Hall–Kier alpha value is -1.42. The van der Waals surface area contributed by atoms with E-state index >= 15 is 0 Å². The van der Waals surface area contributed by atoms with Gasteiger partial charge in [-0.25, -0.2) is 4.39 Å². The number of amides is 1. The van der Waals surface area contributed by atoms with Gasteiger partial charge in [0.2, 0.25) is 0 Å². The predicted molar refractivity (Wildman–Crippen MR) is 64.4 cm³/mol. The molecule has 0 saturated carbocycles. The van der Waals surface area contributed by atoms with Crippen LogP contribution in [-0.2, 0) is 0 Å². The highest BCUT2D eigenvalue weighted by Gasteiger charge is 2.29. The number of likely N-dealkylation sites (tertiary alicyclic amines) is 1. The number of nitrogens with one attached hydrogen (secondary N) is 1. The average molecular weight is 236 g/mol. The standard InChI is InChI=1S/C13H17FN2O/c1-9(2)16-7-12(8-16)15-13(17)10-4-3-5-11(14)6-10/h3-6,9,12H,7-8H2,1-2H3,(H,15,17). The molecule has 0 aromatic heterocycles. The predicted octanol–water partition coefficient (Wildman–Crippen LogP) is 1.65. The maximum absolute atomic E-state index is 12.9. The van der Waals surface area contributed by atoms with Crippen LogP contribution in [-0.4, -0.2) is 36.0 Å². The van der Waals surface area contributed by atoms with Gasteiger partial charge < -0.3 is 5.32 Å². The van der Waals surface area contributed by atoms with Crippen molar-refractivity contribution < 1.29 is 9.18 Å². The quantitative estimate of drug-likeness (QED) is 0.865. The molecule has 1 amide bonds. The molecule has 1 saturated heterocycles. The lowest BCUT2D eigenvalue weighted by molar-refractivity contribution is 0.0713. The van der Waals surface area contributed by atoms with E-state index in [2.05, 4.69) is 24.1 Å². The molecule has 4 heteroatoms. The van der Waals surface area contributed by atoms with Gasteiger partial charge in [-0.05, 0) is 32.0 Å². The second-order valence-electron chi connectivity index (χ2n) is 4.73. The van der Waals surface area contributed by atoms with Crippen LogP contribution < -0.4 is 5.32 Å². The van der Waals surface area contributed by atoms with Crippen molar-refractivity contribution in [1.82, 2.24) is 10.2 Å². The molecule has 1 aliphatic heterocycles. The molecule has 1 fully saturated rings. The van der Waals surface area contributed by atoms with Gasteiger partial charge in [-0.1, -0.05) is 6.07 Å². The highest BCUT2D eigenvalue weighted by Crippen LogP contribution is 2.12. The number of carbonyl (C=O) groups excluding carboxylic acids is 1. The fraction of sp³-hybridized carbons (Fsp3) is 0.462.